The van der Waals surface area contributed by atoms with Gasteiger partial charge in [-0.1, -0.05) is 23.8 Å². The summed E-state index contributed by atoms with van der Waals surface area (Å²) in [5.41, 5.74) is 1.01. The fourth-order valence-electron chi connectivity index (χ4n) is 1.32. The van der Waals surface area contributed by atoms with Gasteiger partial charge in [-0.15, -0.1) is 0 Å². The van der Waals surface area contributed by atoms with E-state index in [4.69, 9.17) is 5.11 Å². The number of carboxylic acids is 1. The average Bonchev–Trinajstić information content (AvgIpc) is 2.17. The number of allylic oxidation sites excluding steroid dienone is 3. The zero-order valence-electron chi connectivity index (χ0n) is 9.17. The van der Waals surface area contributed by atoms with Crippen LogP contribution in [0, 0.1) is 0 Å². The van der Waals surface area contributed by atoms with Crippen LogP contribution in [-0.2, 0) is 14.8 Å². The summed E-state index contributed by atoms with van der Waals surface area (Å²) in [6.45, 7) is 3.18. The molecule has 6 heteroatoms. The molecule has 1 aliphatic carbocycles. The number of carbonyl (C=O) groups is 1. The van der Waals surface area contributed by atoms with E-state index in [9.17, 15) is 13.2 Å². The van der Waals surface area contributed by atoms with Gasteiger partial charge in [-0.3, -0.25) is 4.79 Å². The van der Waals surface area contributed by atoms with E-state index in [1.165, 1.54) is 6.92 Å². The fourth-order valence-corrected chi connectivity index (χ4v) is 2.73. The second-order valence-electron chi connectivity index (χ2n) is 3.80. The van der Waals surface area contributed by atoms with E-state index in [1.807, 2.05) is 13.0 Å². The maximum absolute atomic E-state index is 11.8. The molecule has 0 aromatic rings. The highest BCUT2D eigenvalue weighted by atomic mass is 32.2. The second-order valence-corrected chi connectivity index (χ2v) is 5.74. The third kappa shape index (κ3) is 3.18. The minimum Gasteiger partial charge on any atom is -0.480 e. The van der Waals surface area contributed by atoms with Gasteiger partial charge in [-0.2, -0.15) is 0 Å². The molecule has 90 valence electrons. The van der Waals surface area contributed by atoms with Crippen LogP contribution in [0.4, 0.5) is 0 Å². The van der Waals surface area contributed by atoms with Crippen molar-refractivity contribution in [2.75, 3.05) is 0 Å². The summed E-state index contributed by atoms with van der Waals surface area (Å²) in [5, 5.41) is 7.95. The minimum atomic E-state index is -3.61. The molecule has 5 nitrogen and oxygen atoms in total. The third-order valence-electron chi connectivity index (χ3n) is 2.36. The lowest BCUT2D eigenvalue weighted by Crippen LogP contribution is -2.43. The van der Waals surface area contributed by atoms with Gasteiger partial charge in [0, 0.05) is 0 Å². The lowest BCUT2D eigenvalue weighted by atomic mass is 10.1. The molecule has 0 bridgehead atoms. The van der Waals surface area contributed by atoms with Crippen LogP contribution < -0.4 is 4.72 Å². The van der Waals surface area contributed by atoms with Crippen molar-refractivity contribution in [1.29, 1.82) is 0 Å². The van der Waals surface area contributed by atoms with E-state index in [0.717, 1.165) is 5.57 Å². The van der Waals surface area contributed by atoms with Gasteiger partial charge < -0.3 is 5.11 Å². The first kappa shape index (κ1) is 12.9. The molecule has 0 aliphatic heterocycles. The van der Waals surface area contributed by atoms with Crippen LogP contribution in [0.15, 0.2) is 23.8 Å². The summed E-state index contributed by atoms with van der Waals surface area (Å²) in [6, 6.07) is -1.11. The van der Waals surface area contributed by atoms with Gasteiger partial charge in [-0.25, -0.2) is 13.1 Å². The summed E-state index contributed by atoms with van der Waals surface area (Å²) in [4.78, 5) is 10.6. The SMILES string of the molecule is CC1=CC[C@H](S(=O)(=O)NC(C)C(=O)O)C=C1. The molecule has 0 saturated carbocycles. The first-order valence-corrected chi connectivity index (χ1v) is 6.46. The standard InChI is InChI=1S/C10H15NO4S/c1-7-3-5-9(6-4-7)16(14,15)11-8(2)10(12)13/h3-5,8-9,11H,6H2,1-2H3,(H,12,13)/t8?,9-/m1/s1. The number of carboxylic acid groups (broad SMARTS) is 1. The molecule has 0 aromatic heterocycles. The highest BCUT2D eigenvalue weighted by Crippen LogP contribution is 2.16. The van der Waals surface area contributed by atoms with Crippen LogP contribution in [0.3, 0.4) is 0 Å². The van der Waals surface area contributed by atoms with E-state index in [0.29, 0.717) is 6.42 Å². The molecular formula is C10H15NO4S. The summed E-state index contributed by atoms with van der Waals surface area (Å²) >= 11 is 0. The van der Waals surface area contributed by atoms with E-state index in [1.54, 1.807) is 12.2 Å². The molecule has 0 fully saturated rings. The predicted molar refractivity (Wildman–Crippen MR) is 60.5 cm³/mol. The molecule has 2 atom stereocenters. The van der Waals surface area contributed by atoms with Crippen molar-refractivity contribution in [2.45, 2.75) is 31.6 Å². The van der Waals surface area contributed by atoms with Crippen molar-refractivity contribution in [3.63, 3.8) is 0 Å². The van der Waals surface area contributed by atoms with Crippen molar-refractivity contribution in [3.8, 4) is 0 Å². The van der Waals surface area contributed by atoms with E-state index >= 15 is 0 Å². The van der Waals surface area contributed by atoms with Crippen molar-refractivity contribution in [2.24, 2.45) is 0 Å². The van der Waals surface area contributed by atoms with Gasteiger partial charge in [0.15, 0.2) is 0 Å². The number of nitrogens with one attached hydrogen (secondary N) is 1. The molecule has 0 heterocycles. The Labute approximate surface area is 94.9 Å². The maximum atomic E-state index is 11.8. The Morgan fingerprint density at radius 2 is 2.25 bits per heavy atom. The maximum Gasteiger partial charge on any atom is 0.321 e. The Balaban J connectivity index is 2.73. The summed E-state index contributed by atoms with van der Waals surface area (Å²) in [6.07, 6.45) is 5.49. The average molecular weight is 245 g/mol. The molecule has 0 spiro atoms. The van der Waals surface area contributed by atoms with Crippen LogP contribution in [0.2, 0.25) is 0 Å². The summed E-state index contributed by atoms with van der Waals surface area (Å²) in [7, 11) is -3.61. The number of sulfonamides is 1. The van der Waals surface area contributed by atoms with Gasteiger partial charge in [0.1, 0.15) is 6.04 Å². The molecule has 16 heavy (non-hydrogen) atoms. The van der Waals surface area contributed by atoms with Gasteiger partial charge in [0.05, 0.1) is 5.25 Å². The molecule has 0 amide bonds. The Kier molecular flexibility index (Phi) is 3.88. The quantitative estimate of drug-likeness (QED) is 0.762. The summed E-state index contributed by atoms with van der Waals surface area (Å²) < 4.78 is 25.6. The second kappa shape index (κ2) is 4.80. The molecule has 0 saturated heterocycles. The van der Waals surface area contributed by atoms with Crippen molar-refractivity contribution in [1.82, 2.24) is 4.72 Å². The Morgan fingerprint density at radius 1 is 1.62 bits per heavy atom. The fraction of sp³-hybridized carbons (Fsp3) is 0.500. The highest BCUT2D eigenvalue weighted by Gasteiger charge is 2.27. The molecular weight excluding hydrogens is 230 g/mol. The monoisotopic (exact) mass is 245 g/mol. The van der Waals surface area contributed by atoms with Crippen LogP contribution in [0.25, 0.3) is 0 Å². The Hall–Kier alpha value is -1.14. The van der Waals surface area contributed by atoms with Crippen molar-refractivity contribution < 1.29 is 18.3 Å². The topological polar surface area (TPSA) is 83.5 Å². The zero-order chi connectivity index (χ0) is 12.3. The first-order chi connectivity index (χ1) is 7.33. The summed E-state index contributed by atoms with van der Waals surface area (Å²) in [5.74, 6) is -1.19. The van der Waals surface area contributed by atoms with Crippen molar-refractivity contribution >= 4 is 16.0 Å². The van der Waals surface area contributed by atoms with Gasteiger partial charge in [0.2, 0.25) is 10.0 Å². The largest absolute Gasteiger partial charge is 0.480 e. The number of hydrogen-bond acceptors (Lipinski definition) is 3. The van der Waals surface area contributed by atoms with E-state index in [2.05, 4.69) is 4.72 Å². The molecule has 1 rings (SSSR count). The lowest BCUT2D eigenvalue weighted by Gasteiger charge is -2.18. The Bertz CT molecular complexity index is 436. The van der Waals surface area contributed by atoms with E-state index in [-0.39, 0.29) is 0 Å². The lowest BCUT2D eigenvalue weighted by molar-refractivity contribution is -0.138. The minimum absolute atomic E-state index is 0.379. The molecule has 1 unspecified atom stereocenters. The smallest absolute Gasteiger partial charge is 0.321 e. The van der Waals surface area contributed by atoms with Gasteiger partial charge >= 0.3 is 5.97 Å². The highest BCUT2D eigenvalue weighted by molar-refractivity contribution is 7.90. The molecule has 0 aromatic carbocycles. The predicted octanol–water partition coefficient (Wildman–Crippen LogP) is 0.654. The normalized spacial score (nSPS) is 22.6. The molecule has 0 radical (unpaired) electrons. The molecule has 1 aliphatic rings. The number of hydrogen-bond donors (Lipinski definition) is 2. The van der Waals surface area contributed by atoms with Crippen LogP contribution >= 0.6 is 0 Å². The van der Waals surface area contributed by atoms with Gasteiger partial charge in [0.25, 0.3) is 0 Å². The number of rotatable bonds is 4. The Morgan fingerprint density at radius 3 is 2.69 bits per heavy atom. The van der Waals surface area contributed by atoms with Gasteiger partial charge in [-0.05, 0) is 20.3 Å². The first-order valence-electron chi connectivity index (χ1n) is 4.92. The number of aliphatic carboxylic acids is 1. The van der Waals surface area contributed by atoms with Crippen LogP contribution in [0.1, 0.15) is 20.3 Å². The molecule has 2 N–H and O–H groups in total. The van der Waals surface area contributed by atoms with Crippen molar-refractivity contribution in [3.05, 3.63) is 23.8 Å². The van der Waals surface area contributed by atoms with E-state index < -0.39 is 27.3 Å². The van der Waals surface area contributed by atoms with Crippen LogP contribution in [0.5, 0.6) is 0 Å². The van der Waals surface area contributed by atoms with Crippen LogP contribution in [-0.4, -0.2) is 30.8 Å². The third-order valence-corrected chi connectivity index (χ3v) is 4.18. The zero-order valence-corrected chi connectivity index (χ0v) is 9.99.